The molecule has 4 heteroatoms. The first kappa shape index (κ1) is 13.6. The summed E-state index contributed by atoms with van der Waals surface area (Å²) in [6, 6.07) is 4.06. The number of pyridine rings is 1. The number of nitrogens with one attached hydrogen (secondary N) is 1. The maximum Gasteiger partial charge on any atom is 0.159 e. The Balaban J connectivity index is 2.15. The quantitative estimate of drug-likeness (QED) is 0.910. The molecule has 0 radical (unpaired) electrons. The molecule has 108 valence electrons. The first-order valence-electron chi connectivity index (χ1n) is 7.83. The van der Waals surface area contributed by atoms with Crippen molar-refractivity contribution in [3.63, 3.8) is 0 Å². The van der Waals surface area contributed by atoms with Crippen LogP contribution in [0.15, 0.2) is 18.3 Å². The molecule has 0 bridgehead atoms. The second-order valence-corrected chi connectivity index (χ2v) is 5.89. The molecular formula is C16H24N4. The summed E-state index contributed by atoms with van der Waals surface area (Å²) in [5, 5.41) is 3.54. The predicted molar refractivity (Wildman–Crippen MR) is 81.9 cm³/mol. The lowest BCUT2D eigenvalue weighted by Gasteiger charge is -2.28. The van der Waals surface area contributed by atoms with E-state index in [0.717, 1.165) is 37.2 Å². The summed E-state index contributed by atoms with van der Waals surface area (Å²) in [5.74, 6) is 1.25. The summed E-state index contributed by atoms with van der Waals surface area (Å²) in [7, 11) is 0. The zero-order valence-electron chi connectivity index (χ0n) is 12.5. The summed E-state index contributed by atoms with van der Waals surface area (Å²) in [6.45, 7) is 7.65. The predicted octanol–water partition coefficient (Wildman–Crippen LogP) is 2.87. The van der Waals surface area contributed by atoms with E-state index in [0.29, 0.717) is 0 Å². The van der Waals surface area contributed by atoms with Crippen molar-refractivity contribution in [1.82, 2.24) is 19.9 Å². The van der Waals surface area contributed by atoms with Gasteiger partial charge in [-0.1, -0.05) is 20.3 Å². The lowest BCUT2D eigenvalue weighted by molar-refractivity contribution is 0.384. The molecule has 2 aromatic heterocycles. The number of fused-ring (bicyclic) bond motifs is 1. The second kappa shape index (κ2) is 5.52. The van der Waals surface area contributed by atoms with Gasteiger partial charge in [-0.25, -0.2) is 9.97 Å². The molecule has 3 rings (SSSR count). The van der Waals surface area contributed by atoms with Crippen LogP contribution in [0.3, 0.4) is 0 Å². The topological polar surface area (TPSA) is 42.7 Å². The molecule has 1 N–H and O–H groups in total. The first-order chi connectivity index (χ1) is 9.80. The Bertz CT molecular complexity index is 581. The Morgan fingerprint density at radius 1 is 1.35 bits per heavy atom. The number of rotatable bonds is 5. The summed E-state index contributed by atoms with van der Waals surface area (Å²) in [4.78, 5) is 9.53. The number of hydrogen-bond acceptors (Lipinski definition) is 3. The minimum absolute atomic E-state index is 0.199. The molecule has 0 aromatic carbocycles. The van der Waals surface area contributed by atoms with Crippen molar-refractivity contribution in [2.24, 2.45) is 0 Å². The third-order valence-electron chi connectivity index (χ3n) is 4.40. The van der Waals surface area contributed by atoms with Crippen LogP contribution in [0.4, 0.5) is 0 Å². The van der Waals surface area contributed by atoms with E-state index in [-0.39, 0.29) is 5.41 Å². The third kappa shape index (κ3) is 2.12. The third-order valence-corrected chi connectivity index (χ3v) is 4.40. The van der Waals surface area contributed by atoms with E-state index < -0.39 is 0 Å². The molecule has 1 unspecified atom stereocenters. The van der Waals surface area contributed by atoms with Gasteiger partial charge in [-0.15, -0.1) is 0 Å². The zero-order chi connectivity index (χ0) is 14.0. The van der Waals surface area contributed by atoms with E-state index >= 15 is 0 Å². The van der Waals surface area contributed by atoms with Crippen molar-refractivity contribution in [1.29, 1.82) is 0 Å². The fourth-order valence-electron chi connectivity index (χ4n) is 3.54. The Morgan fingerprint density at radius 3 is 2.95 bits per heavy atom. The lowest BCUT2D eigenvalue weighted by atomic mass is 9.81. The van der Waals surface area contributed by atoms with Crippen LogP contribution in [0.1, 0.15) is 45.4 Å². The highest BCUT2D eigenvalue weighted by atomic mass is 15.1. The first-order valence-corrected chi connectivity index (χ1v) is 7.83. The Morgan fingerprint density at radius 2 is 2.25 bits per heavy atom. The van der Waals surface area contributed by atoms with Gasteiger partial charge in [0.2, 0.25) is 0 Å². The fourth-order valence-corrected chi connectivity index (χ4v) is 3.54. The normalized spacial score (nSPS) is 22.7. The van der Waals surface area contributed by atoms with Crippen LogP contribution < -0.4 is 5.32 Å². The van der Waals surface area contributed by atoms with Gasteiger partial charge in [-0.3, -0.25) is 0 Å². The van der Waals surface area contributed by atoms with Gasteiger partial charge in [-0.2, -0.15) is 0 Å². The molecule has 2 aromatic rings. The average Bonchev–Trinajstić information content (AvgIpc) is 3.06. The van der Waals surface area contributed by atoms with Crippen molar-refractivity contribution >= 4 is 11.2 Å². The summed E-state index contributed by atoms with van der Waals surface area (Å²) in [6.07, 6.45) is 6.58. The van der Waals surface area contributed by atoms with Crippen molar-refractivity contribution in [2.45, 2.75) is 51.5 Å². The second-order valence-electron chi connectivity index (χ2n) is 5.89. The van der Waals surface area contributed by atoms with E-state index in [1.165, 1.54) is 25.1 Å². The van der Waals surface area contributed by atoms with Crippen molar-refractivity contribution in [2.75, 3.05) is 13.1 Å². The van der Waals surface area contributed by atoms with Gasteiger partial charge in [0.15, 0.2) is 5.65 Å². The van der Waals surface area contributed by atoms with Gasteiger partial charge in [-0.05, 0) is 37.9 Å². The Hall–Kier alpha value is -1.42. The SMILES string of the molecule is CCCn1c(C2(CCC)CCNC2)nc2cccnc21. The van der Waals surface area contributed by atoms with Gasteiger partial charge in [0.25, 0.3) is 0 Å². The van der Waals surface area contributed by atoms with Gasteiger partial charge < -0.3 is 9.88 Å². The van der Waals surface area contributed by atoms with Crippen LogP contribution >= 0.6 is 0 Å². The molecule has 4 nitrogen and oxygen atoms in total. The molecule has 1 aliphatic rings. The molecule has 1 saturated heterocycles. The van der Waals surface area contributed by atoms with E-state index in [4.69, 9.17) is 4.98 Å². The highest BCUT2D eigenvalue weighted by Crippen LogP contribution is 2.36. The fraction of sp³-hybridized carbons (Fsp3) is 0.625. The summed E-state index contributed by atoms with van der Waals surface area (Å²) >= 11 is 0. The lowest BCUT2D eigenvalue weighted by Crippen LogP contribution is -2.32. The monoisotopic (exact) mass is 272 g/mol. The van der Waals surface area contributed by atoms with Crippen LogP contribution in [0.2, 0.25) is 0 Å². The van der Waals surface area contributed by atoms with Gasteiger partial charge >= 0.3 is 0 Å². The molecule has 20 heavy (non-hydrogen) atoms. The Labute approximate surface area is 120 Å². The van der Waals surface area contributed by atoms with Crippen molar-refractivity contribution in [3.05, 3.63) is 24.2 Å². The van der Waals surface area contributed by atoms with E-state index in [1.54, 1.807) is 0 Å². The molecule has 0 amide bonds. The Kier molecular flexibility index (Phi) is 3.74. The van der Waals surface area contributed by atoms with Crippen LogP contribution in [-0.2, 0) is 12.0 Å². The minimum Gasteiger partial charge on any atom is -0.316 e. The molecule has 1 atom stereocenters. The summed E-state index contributed by atoms with van der Waals surface area (Å²) in [5.41, 5.74) is 2.29. The van der Waals surface area contributed by atoms with Gasteiger partial charge in [0, 0.05) is 24.7 Å². The number of nitrogens with zero attached hydrogens (tertiary/aromatic N) is 3. The number of imidazole rings is 1. The molecule has 3 heterocycles. The smallest absolute Gasteiger partial charge is 0.159 e. The number of hydrogen-bond donors (Lipinski definition) is 1. The van der Waals surface area contributed by atoms with Crippen LogP contribution in [0.5, 0.6) is 0 Å². The van der Waals surface area contributed by atoms with E-state index in [1.807, 2.05) is 12.3 Å². The molecule has 0 saturated carbocycles. The van der Waals surface area contributed by atoms with Crippen molar-refractivity contribution < 1.29 is 0 Å². The maximum atomic E-state index is 4.96. The molecule has 1 aliphatic heterocycles. The number of aryl methyl sites for hydroxylation is 1. The van der Waals surface area contributed by atoms with Gasteiger partial charge in [0.1, 0.15) is 11.3 Å². The van der Waals surface area contributed by atoms with E-state index in [2.05, 4.69) is 34.8 Å². The minimum atomic E-state index is 0.199. The highest BCUT2D eigenvalue weighted by Gasteiger charge is 2.39. The van der Waals surface area contributed by atoms with Crippen LogP contribution in [0.25, 0.3) is 11.2 Å². The molecule has 0 aliphatic carbocycles. The molecular weight excluding hydrogens is 248 g/mol. The van der Waals surface area contributed by atoms with E-state index in [9.17, 15) is 0 Å². The highest BCUT2D eigenvalue weighted by molar-refractivity contribution is 5.71. The molecule has 0 spiro atoms. The van der Waals surface area contributed by atoms with Gasteiger partial charge in [0.05, 0.1) is 0 Å². The average molecular weight is 272 g/mol. The molecule has 1 fully saturated rings. The van der Waals surface area contributed by atoms with Crippen LogP contribution in [0, 0.1) is 0 Å². The largest absolute Gasteiger partial charge is 0.316 e. The zero-order valence-corrected chi connectivity index (χ0v) is 12.5. The summed E-state index contributed by atoms with van der Waals surface area (Å²) < 4.78 is 2.36. The van der Waals surface area contributed by atoms with Crippen molar-refractivity contribution in [3.8, 4) is 0 Å². The standard InChI is InChI=1S/C16H24N4/c1-3-7-16(8-10-17-12-16)15-19-13-6-5-9-18-14(13)20(15)11-4-2/h5-6,9,17H,3-4,7-8,10-12H2,1-2H3. The van der Waals surface area contributed by atoms with Crippen LogP contribution in [-0.4, -0.2) is 27.6 Å². The number of aromatic nitrogens is 3. The maximum absolute atomic E-state index is 4.96.